The lowest BCUT2D eigenvalue weighted by atomic mass is 10.1. The first-order valence-corrected chi connectivity index (χ1v) is 3.76. The molecule has 0 aliphatic rings. The van der Waals surface area contributed by atoms with Crippen molar-refractivity contribution in [3.63, 3.8) is 0 Å². The van der Waals surface area contributed by atoms with Crippen LogP contribution < -0.4 is 0 Å². The summed E-state index contributed by atoms with van der Waals surface area (Å²) in [6.07, 6.45) is 0. The summed E-state index contributed by atoms with van der Waals surface area (Å²) >= 11 is 3.86. The summed E-state index contributed by atoms with van der Waals surface area (Å²) in [6, 6.07) is 3.65. The van der Waals surface area contributed by atoms with Gasteiger partial charge in [0.1, 0.15) is 0 Å². The largest absolute Gasteiger partial charge is 0.478 e. The summed E-state index contributed by atoms with van der Waals surface area (Å²) < 4.78 is 0. The molecule has 0 atom stereocenters. The van der Waals surface area contributed by atoms with E-state index < -0.39 is 11.9 Å². The van der Waals surface area contributed by atoms with Crippen molar-refractivity contribution < 1.29 is 19.8 Å². The Labute approximate surface area is 79.2 Å². The van der Waals surface area contributed by atoms with Crippen molar-refractivity contribution in [1.82, 2.24) is 0 Å². The van der Waals surface area contributed by atoms with E-state index >= 15 is 0 Å². The van der Waals surface area contributed by atoms with Crippen LogP contribution >= 0.6 is 12.6 Å². The molecular formula is C8H6O4S. The zero-order valence-electron chi connectivity index (χ0n) is 6.39. The highest BCUT2D eigenvalue weighted by Crippen LogP contribution is 2.15. The number of carboxylic acids is 2. The number of carboxylic acid groups (broad SMARTS) is 2. The summed E-state index contributed by atoms with van der Waals surface area (Å²) in [6.45, 7) is 0. The molecule has 0 aromatic heterocycles. The number of thiol groups is 1. The molecule has 4 nitrogen and oxygen atoms in total. The van der Waals surface area contributed by atoms with Crippen LogP contribution in [-0.4, -0.2) is 22.2 Å². The van der Waals surface area contributed by atoms with Gasteiger partial charge in [-0.1, -0.05) is 0 Å². The van der Waals surface area contributed by atoms with Crippen molar-refractivity contribution >= 4 is 24.6 Å². The Balaban J connectivity index is 3.20. The summed E-state index contributed by atoms with van der Waals surface area (Å²) in [5.41, 5.74) is 0.0170. The van der Waals surface area contributed by atoms with Crippen molar-refractivity contribution in [2.75, 3.05) is 0 Å². The number of aromatic carboxylic acids is 2. The minimum absolute atomic E-state index is 0.00617. The molecule has 0 saturated heterocycles. The minimum Gasteiger partial charge on any atom is -0.478 e. The van der Waals surface area contributed by atoms with Crippen LogP contribution in [0.2, 0.25) is 0 Å². The predicted molar refractivity (Wildman–Crippen MR) is 47.6 cm³/mol. The van der Waals surface area contributed by atoms with Gasteiger partial charge in [0.2, 0.25) is 0 Å². The van der Waals surface area contributed by atoms with E-state index in [9.17, 15) is 9.59 Å². The Kier molecular flexibility index (Phi) is 2.57. The third-order valence-corrected chi connectivity index (χ3v) is 1.85. The second-order valence-electron chi connectivity index (χ2n) is 2.34. The van der Waals surface area contributed by atoms with Gasteiger partial charge in [-0.05, 0) is 18.2 Å². The molecule has 0 unspecified atom stereocenters. The zero-order chi connectivity index (χ0) is 10.0. The molecule has 68 valence electrons. The first-order valence-electron chi connectivity index (χ1n) is 3.32. The normalized spacial score (nSPS) is 9.62. The molecule has 0 fully saturated rings. The Morgan fingerprint density at radius 3 is 2.15 bits per heavy atom. The molecule has 5 heteroatoms. The van der Waals surface area contributed by atoms with Gasteiger partial charge in [0.15, 0.2) is 0 Å². The maximum atomic E-state index is 10.5. The van der Waals surface area contributed by atoms with Gasteiger partial charge in [0.05, 0.1) is 11.1 Å². The van der Waals surface area contributed by atoms with Crippen LogP contribution in [0.15, 0.2) is 23.1 Å². The molecule has 0 aliphatic heterocycles. The number of carbonyl (C=O) groups is 2. The SMILES string of the molecule is O=C(O)c1ccc(C(=O)O)c(S)c1. The summed E-state index contributed by atoms with van der Waals surface area (Å²) in [7, 11) is 0. The van der Waals surface area contributed by atoms with E-state index in [0.29, 0.717) is 0 Å². The van der Waals surface area contributed by atoms with Gasteiger partial charge in [0, 0.05) is 4.90 Å². The molecule has 0 radical (unpaired) electrons. The minimum atomic E-state index is -1.12. The van der Waals surface area contributed by atoms with E-state index in [1.807, 2.05) is 0 Å². The van der Waals surface area contributed by atoms with Crippen molar-refractivity contribution in [1.29, 1.82) is 0 Å². The van der Waals surface area contributed by atoms with Crippen LogP contribution in [-0.2, 0) is 0 Å². The van der Waals surface area contributed by atoms with E-state index in [0.717, 1.165) is 0 Å². The highest BCUT2D eigenvalue weighted by atomic mass is 32.1. The van der Waals surface area contributed by atoms with Gasteiger partial charge in [-0.25, -0.2) is 9.59 Å². The number of rotatable bonds is 2. The average molecular weight is 198 g/mol. The highest BCUT2D eigenvalue weighted by Gasteiger charge is 2.10. The lowest BCUT2D eigenvalue weighted by Gasteiger charge is -2.00. The maximum Gasteiger partial charge on any atom is 0.336 e. The molecular weight excluding hydrogens is 192 g/mol. The lowest BCUT2D eigenvalue weighted by Crippen LogP contribution is -2.01. The van der Waals surface area contributed by atoms with E-state index in [1.54, 1.807) is 0 Å². The molecule has 0 heterocycles. The van der Waals surface area contributed by atoms with E-state index in [2.05, 4.69) is 12.6 Å². The fourth-order valence-corrected chi connectivity index (χ4v) is 1.15. The molecule has 1 aromatic carbocycles. The first-order chi connectivity index (χ1) is 6.02. The topological polar surface area (TPSA) is 74.6 Å². The van der Waals surface area contributed by atoms with E-state index in [1.165, 1.54) is 18.2 Å². The van der Waals surface area contributed by atoms with Gasteiger partial charge in [-0.15, -0.1) is 12.6 Å². The standard InChI is InChI=1S/C8H6O4S/c9-7(10)4-1-2-5(8(11)12)6(13)3-4/h1-3,13H,(H,9,10)(H,11,12). The second-order valence-corrected chi connectivity index (χ2v) is 2.82. The van der Waals surface area contributed by atoms with Crippen LogP contribution in [0.5, 0.6) is 0 Å². The lowest BCUT2D eigenvalue weighted by molar-refractivity contribution is 0.0678. The van der Waals surface area contributed by atoms with Crippen LogP contribution in [0.25, 0.3) is 0 Å². The van der Waals surface area contributed by atoms with Crippen LogP contribution in [0, 0.1) is 0 Å². The number of benzene rings is 1. The van der Waals surface area contributed by atoms with Crippen LogP contribution in [0.1, 0.15) is 20.7 Å². The quantitative estimate of drug-likeness (QED) is 0.627. The third-order valence-electron chi connectivity index (χ3n) is 1.48. The van der Waals surface area contributed by atoms with Crippen molar-refractivity contribution in [2.24, 2.45) is 0 Å². The predicted octanol–water partition coefficient (Wildman–Crippen LogP) is 1.37. The second kappa shape index (κ2) is 3.49. The average Bonchev–Trinajstić information content (AvgIpc) is 2.03. The van der Waals surface area contributed by atoms with Gasteiger partial charge in [0.25, 0.3) is 0 Å². The maximum absolute atomic E-state index is 10.5. The summed E-state index contributed by atoms with van der Waals surface area (Å²) in [5.74, 6) is -2.23. The molecule has 1 aromatic rings. The molecule has 0 bridgehead atoms. The Morgan fingerprint density at radius 2 is 1.77 bits per heavy atom. The van der Waals surface area contributed by atoms with Gasteiger partial charge < -0.3 is 10.2 Å². The van der Waals surface area contributed by atoms with Gasteiger partial charge >= 0.3 is 11.9 Å². The van der Waals surface area contributed by atoms with Crippen molar-refractivity contribution in [2.45, 2.75) is 4.90 Å². The van der Waals surface area contributed by atoms with Crippen molar-refractivity contribution in [3.8, 4) is 0 Å². The first kappa shape index (κ1) is 9.60. The molecule has 0 spiro atoms. The zero-order valence-corrected chi connectivity index (χ0v) is 7.28. The molecule has 1 rings (SSSR count). The smallest absolute Gasteiger partial charge is 0.336 e. The Hall–Kier alpha value is -1.49. The van der Waals surface area contributed by atoms with Crippen molar-refractivity contribution in [3.05, 3.63) is 29.3 Å². The van der Waals surface area contributed by atoms with E-state index in [4.69, 9.17) is 10.2 Å². The molecule has 2 N–H and O–H groups in total. The summed E-state index contributed by atoms with van der Waals surface area (Å²) in [4.78, 5) is 21.1. The molecule has 0 saturated carbocycles. The van der Waals surface area contributed by atoms with Crippen LogP contribution in [0.4, 0.5) is 0 Å². The fourth-order valence-electron chi connectivity index (χ4n) is 0.846. The fraction of sp³-hybridized carbons (Fsp3) is 0. The molecule has 0 aliphatic carbocycles. The number of hydrogen-bond donors (Lipinski definition) is 3. The highest BCUT2D eigenvalue weighted by molar-refractivity contribution is 7.80. The van der Waals surface area contributed by atoms with Crippen LogP contribution in [0.3, 0.4) is 0 Å². The van der Waals surface area contributed by atoms with Gasteiger partial charge in [-0.3, -0.25) is 0 Å². The van der Waals surface area contributed by atoms with Gasteiger partial charge in [-0.2, -0.15) is 0 Å². The number of hydrogen-bond acceptors (Lipinski definition) is 3. The molecule has 13 heavy (non-hydrogen) atoms. The monoisotopic (exact) mass is 198 g/mol. The Morgan fingerprint density at radius 1 is 1.15 bits per heavy atom. The third kappa shape index (κ3) is 2.00. The summed E-state index contributed by atoms with van der Waals surface area (Å²) in [5, 5.41) is 17.2. The molecule has 0 amide bonds. The van der Waals surface area contributed by atoms with E-state index in [-0.39, 0.29) is 16.0 Å². The Bertz CT molecular complexity index is 372.